The standard InChI is InChI=1S/C12H8BrClN2O3/c1-7-4-8(2-3-9(7)13)19-12-10(14)5-15-6-11(12)16(17)18/h2-6H,1H3. The molecule has 1 aromatic heterocycles. The fourth-order valence-electron chi connectivity index (χ4n) is 1.44. The molecule has 0 spiro atoms. The van der Waals surface area contributed by atoms with Gasteiger partial charge in [0, 0.05) is 10.7 Å². The monoisotopic (exact) mass is 342 g/mol. The number of halogens is 2. The van der Waals surface area contributed by atoms with Gasteiger partial charge in [-0.15, -0.1) is 0 Å². The largest absolute Gasteiger partial charge is 0.448 e. The predicted molar refractivity (Wildman–Crippen MR) is 74.9 cm³/mol. The number of pyridine rings is 1. The minimum Gasteiger partial charge on any atom is -0.448 e. The Labute approximate surface area is 122 Å². The van der Waals surface area contributed by atoms with Gasteiger partial charge in [0.15, 0.2) is 0 Å². The zero-order chi connectivity index (χ0) is 14.0. The van der Waals surface area contributed by atoms with Crippen LogP contribution in [0.2, 0.25) is 5.02 Å². The third-order valence-electron chi connectivity index (χ3n) is 2.38. The summed E-state index contributed by atoms with van der Waals surface area (Å²) in [6.45, 7) is 1.89. The molecule has 98 valence electrons. The van der Waals surface area contributed by atoms with Gasteiger partial charge in [-0.05, 0) is 30.7 Å². The lowest BCUT2D eigenvalue weighted by molar-refractivity contribution is -0.385. The molecule has 0 atom stereocenters. The highest BCUT2D eigenvalue weighted by Crippen LogP contribution is 2.37. The summed E-state index contributed by atoms with van der Waals surface area (Å²) in [6, 6.07) is 5.24. The molecule has 0 saturated heterocycles. The summed E-state index contributed by atoms with van der Waals surface area (Å²) in [7, 11) is 0. The zero-order valence-corrected chi connectivity index (χ0v) is 12.1. The van der Waals surface area contributed by atoms with Gasteiger partial charge >= 0.3 is 5.69 Å². The first-order valence-electron chi connectivity index (χ1n) is 5.21. The lowest BCUT2D eigenvalue weighted by atomic mass is 10.2. The van der Waals surface area contributed by atoms with Gasteiger partial charge in [0.2, 0.25) is 5.75 Å². The Kier molecular flexibility index (Phi) is 4.01. The van der Waals surface area contributed by atoms with E-state index >= 15 is 0 Å². The van der Waals surface area contributed by atoms with Crippen molar-refractivity contribution in [3.05, 3.63) is 55.8 Å². The summed E-state index contributed by atoms with van der Waals surface area (Å²) >= 11 is 9.26. The van der Waals surface area contributed by atoms with Crippen molar-refractivity contribution in [1.29, 1.82) is 0 Å². The molecule has 0 N–H and O–H groups in total. The second-order valence-electron chi connectivity index (χ2n) is 3.74. The van der Waals surface area contributed by atoms with Crippen molar-refractivity contribution < 1.29 is 9.66 Å². The Morgan fingerprint density at radius 2 is 2.16 bits per heavy atom. The number of rotatable bonds is 3. The quantitative estimate of drug-likeness (QED) is 0.607. The minimum atomic E-state index is -0.583. The molecule has 0 aliphatic rings. The minimum absolute atomic E-state index is 0.0108. The lowest BCUT2D eigenvalue weighted by Gasteiger charge is -2.08. The Morgan fingerprint density at radius 1 is 1.42 bits per heavy atom. The molecule has 0 bridgehead atoms. The maximum atomic E-state index is 10.9. The molecule has 19 heavy (non-hydrogen) atoms. The van der Waals surface area contributed by atoms with Crippen LogP contribution in [-0.2, 0) is 0 Å². The van der Waals surface area contributed by atoms with Gasteiger partial charge in [0.1, 0.15) is 17.0 Å². The SMILES string of the molecule is Cc1cc(Oc2c(Cl)cncc2[N+](=O)[O-])ccc1Br. The molecular weight excluding hydrogens is 336 g/mol. The number of nitrogens with zero attached hydrogens (tertiary/aromatic N) is 2. The fraction of sp³-hybridized carbons (Fsp3) is 0.0833. The van der Waals surface area contributed by atoms with Crippen LogP contribution in [0.3, 0.4) is 0 Å². The summed E-state index contributed by atoms with van der Waals surface area (Å²) in [4.78, 5) is 14.0. The summed E-state index contributed by atoms with van der Waals surface area (Å²) in [5.41, 5.74) is 0.679. The lowest BCUT2D eigenvalue weighted by Crippen LogP contribution is -1.95. The van der Waals surface area contributed by atoms with Crippen LogP contribution in [-0.4, -0.2) is 9.91 Å². The van der Waals surface area contributed by atoms with Gasteiger partial charge < -0.3 is 4.74 Å². The number of nitro groups is 1. The second kappa shape index (κ2) is 5.54. The third kappa shape index (κ3) is 3.02. The van der Waals surface area contributed by atoms with Crippen LogP contribution >= 0.6 is 27.5 Å². The van der Waals surface area contributed by atoms with Crippen molar-refractivity contribution >= 4 is 33.2 Å². The molecule has 2 aromatic rings. The van der Waals surface area contributed by atoms with Crippen molar-refractivity contribution in [2.75, 3.05) is 0 Å². The maximum Gasteiger partial charge on any atom is 0.331 e. The van der Waals surface area contributed by atoms with Crippen LogP contribution < -0.4 is 4.74 Å². The third-order valence-corrected chi connectivity index (χ3v) is 3.54. The molecule has 0 fully saturated rings. The zero-order valence-electron chi connectivity index (χ0n) is 9.76. The van der Waals surface area contributed by atoms with Crippen LogP contribution in [0, 0.1) is 17.0 Å². The number of benzene rings is 1. The van der Waals surface area contributed by atoms with Gasteiger partial charge in [-0.25, -0.2) is 0 Å². The number of aryl methyl sites for hydroxylation is 1. The van der Waals surface area contributed by atoms with Crippen LogP contribution in [0.25, 0.3) is 0 Å². The maximum absolute atomic E-state index is 10.9. The molecule has 0 aliphatic heterocycles. The number of ether oxygens (including phenoxy) is 1. The van der Waals surface area contributed by atoms with E-state index in [9.17, 15) is 10.1 Å². The molecule has 0 unspecified atom stereocenters. The van der Waals surface area contributed by atoms with E-state index in [1.165, 1.54) is 6.20 Å². The molecular formula is C12H8BrClN2O3. The first-order chi connectivity index (χ1) is 8.99. The van der Waals surface area contributed by atoms with Crippen LogP contribution in [0.1, 0.15) is 5.56 Å². The molecule has 0 radical (unpaired) electrons. The van der Waals surface area contributed by atoms with Gasteiger partial charge in [-0.3, -0.25) is 15.1 Å². The molecule has 0 saturated carbocycles. The van der Waals surface area contributed by atoms with Gasteiger partial charge in [-0.1, -0.05) is 27.5 Å². The Balaban J connectivity index is 2.42. The highest BCUT2D eigenvalue weighted by atomic mass is 79.9. The first-order valence-corrected chi connectivity index (χ1v) is 6.38. The summed E-state index contributed by atoms with van der Waals surface area (Å²) in [5.74, 6) is 0.459. The number of aromatic nitrogens is 1. The normalized spacial score (nSPS) is 10.3. The highest BCUT2D eigenvalue weighted by molar-refractivity contribution is 9.10. The van der Waals surface area contributed by atoms with E-state index in [2.05, 4.69) is 20.9 Å². The Hall–Kier alpha value is -1.66. The van der Waals surface area contributed by atoms with Crippen LogP contribution in [0.15, 0.2) is 35.1 Å². The molecule has 1 aromatic carbocycles. The first kappa shape index (κ1) is 13.8. The van der Waals surface area contributed by atoms with Crippen molar-refractivity contribution in [1.82, 2.24) is 4.98 Å². The van der Waals surface area contributed by atoms with E-state index in [1.807, 2.05) is 6.92 Å². The molecule has 0 amide bonds. The average molecular weight is 344 g/mol. The van der Waals surface area contributed by atoms with Crippen molar-refractivity contribution in [2.45, 2.75) is 6.92 Å². The fourth-order valence-corrected chi connectivity index (χ4v) is 1.88. The molecule has 7 heteroatoms. The average Bonchev–Trinajstić information content (AvgIpc) is 2.36. The van der Waals surface area contributed by atoms with Crippen LogP contribution in [0.4, 0.5) is 5.69 Å². The topological polar surface area (TPSA) is 65.3 Å². The van der Waals surface area contributed by atoms with E-state index in [0.717, 1.165) is 16.2 Å². The molecule has 0 aliphatic carbocycles. The number of hydrogen-bond donors (Lipinski definition) is 0. The van der Waals surface area contributed by atoms with Crippen molar-refractivity contribution in [2.24, 2.45) is 0 Å². The smallest absolute Gasteiger partial charge is 0.331 e. The predicted octanol–water partition coefficient (Wildman–Crippen LogP) is 4.51. The van der Waals surface area contributed by atoms with E-state index in [0.29, 0.717) is 5.75 Å². The van der Waals surface area contributed by atoms with Gasteiger partial charge in [0.05, 0.1) is 4.92 Å². The Bertz CT molecular complexity index is 649. The molecule has 5 nitrogen and oxygen atoms in total. The van der Waals surface area contributed by atoms with E-state index in [1.54, 1.807) is 18.2 Å². The van der Waals surface area contributed by atoms with Gasteiger partial charge in [0.25, 0.3) is 0 Å². The second-order valence-corrected chi connectivity index (χ2v) is 5.00. The van der Waals surface area contributed by atoms with E-state index in [4.69, 9.17) is 16.3 Å². The molecule has 2 rings (SSSR count). The van der Waals surface area contributed by atoms with Gasteiger partial charge in [-0.2, -0.15) is 0 Å². The van der Waals surface area contributed by atoms with Crippen LogP contribution in [0.5, 0.6) is 11.5 Å². The molecule has 1 heterocycles. The van der Waals surface area contributed by atoms with E-state index in [-0.39, 0.29) is 16.5 Å². The number of hydrogen-bond acceptors (Lipinski definition) is 4. The van der Waals surface area contributed by atoms with Crippen molar-refractivity contribution in [3.8, 4) is 11.5 Å². The summed E-state index contributed by atoms with van der Waals surface area (Å²) in [5, 5.41) is 11.0. The summed E-state index contributed by atoms with van der Waals surface area (Å²) < 4.78 is 6.43. The van der Waals surface area contributed by atoms with Crippen molar-refractivity contribution in [3.63, 3.8) is 0 Å². The van der Waals surface area contributed by atoms with E-state index < -0.39 is 4.92 Å². The highest BCUT2D eigenvalue weighted by Gasteiger charge is 2.20. The summed E-state index contributed by atoms with van der Waals surface area (Å²) in [6.07, 6.45) is 2.41. The Morgan fingerprint density at radius 3 is 2.79 bits per heavy atom.